The number of hydrogen-bond acceptors (Lipinski definition) is 4. The number of rotatable bonds is 6. The average Bonchev–Trinajstić information content (AvgIpc) is 2.50. The first-order valence-electron chi connectivity index (χ1n) is 7.13. The molecule has 9 heteroatoms. The lowest BCUT2D eigenvalue weighted by Crippen LogP contribution is -2.50. The van der Waals surface area contributed by atoms with Gasteiger partial charge in [0, 0.05) is 0 Å². The van der Waals surface area contributed by atoms with Gasteiger partial charge >= 0.3 is 6.18 Å². The molecule has 2 amide bonds. The summed E-state index contributed by atoms with van der Waals surface area (Å²) in [6, 6.07) is 7.00. The predicted octanol–water partition coefficient (Wildman–Crippen LogP) is 1.48. The van der Waals surface area contributed by atoms with Gasteiger partial charge < -0.3 is 9.84 Å². The minimum absolute atomic E-state index is 0.429. The normalized spacial score (nSPS) is 13.8. The highest BCUT2D eigenvalue weighted by Crippen LogP contribution is 2.32. The lowest BCUT2D eigenvalue weighted by atomic mass is 10.0. The van der Waals surface area contributed by atoms with Crippen LogP contribution in [-0.4, -0.2) is 35.3 Å². The molecule has 0 fully saturated rings. The lowest BCUT2D eigenvalue weighted by molar-refractivity contribution is -0.253. The first kappa shape index (κ1) is 19.8. The molecular weight excluding hydrogens is 329 g/mol. The molecule has 1 aromatic rings. The number of nitrogens with one attached hydrogen (secondary N) is 2. The van der Waals surface area contributed by atoms with Gasteiger partial charge in [0.05, 0.1) is 6.42 Å². The van der Waals surface area contributed by atoms with Crippen LogP contribution >= 0.6 is 0 Å². The summed E-state index contributed by atoms with van der Waals surface area (Å²) in [4.78, 5) is 22.8. The summed E-state index contributed by atoms with van der Waals surface area (Å²) in [5, 5.41) is 9.16. The number of hydrazine groups is 1. The van der Waals surface area contributed by atoms with Crippen LogP contribution in [0.4, 0.5) is 13.2 Å². The highest BCUT2D eigenvalue weighted by atomic mass is 19.4. The van der Waals surface area contributed by atoms with E-state index in [0.717, 1.165) is 12.0 Å². The third-order valence-electron chi connectivity index (χ3n) is 3.16. The molecule has 0 bridgehead atoms. The number of carbonyl (C=O) groups is 2. The van der Waals surface area contributed by atoms with Crippen LogP contribution in [0.15, 0.2) is 24.3 Å². The van der Waals surface area contributed by atoms with Crippen molar-refractivity contribution in [2.45, 2.75) is 38.5 Å². The van der Waals surface area contributed by atoms with Gasteiger partial charge in [-0.2, -0.15) is 13.2 Å². The molecule has 1 atom stereocenters. The Bertz CT molecular complexity index is 571. The van der Waals surface area contributed by atoms with Crippen molar-refractivity contribution in [1.82, 2.24) is 10.9 Å². The summed E-state index contributed by atoms with van der Waals surface area (Å²) >= 11 is 0. The van der Waals surface area contributed by atoms with Gasteiger partial charge in [-0.3, -0.25) is 20.4 Å². The molecule has 0 aliphatic heterocycles. The standard InChI is InChI=1S/C15H19F3N2O4/c1-3-10-4-6-11(7-5-10)24-9-13(22)20-19-12(21)8-14(2,23)15(16,17)18/h4-7,23H,3,8-9H2,1-2H3,(H,19,21)(H,20,22)/t14-/m0/s1. The number of alkyl halides is 3. The maximum Gasteiger partial charge on any atom is 0.417 e. The molecule has 0 aromatic heterocycles. The molecule has 0 aliphatic rings. The minimum Gasteiger partial charge on any atom is -0.484 e. The van der Waals surface area contributed by atoms with Gasteiger partial charge in [-0.05, 0) is 31.0 Å². The van der Waals surface area contributed by atoms with Crippen LogP contribution in [0.1, 0.15) is 25.8 Å². The fourth-order valence-corrected chi connectivity index (χ4v) is 1.60. The molecule has 134 valence electrons. The van der Waals surface area contributed by atoms with Crippen molar-refractivity contribution < 1.29 is 32.6 Å². The summed E-state index contributed by atoms with van der Waals surface area (Å²) in [5.74, 6) is -1.50. The Morgan fingerprint density at radius 3 is 2.17 bits per heavy atom. The summed E-state index contributed by atoms with van der Waals surface area (Å²) in [6.45, 7) is 2.03. The average molecular weight is 348 g/mol. The quantitative estimate of drug-likeness (QED) is 0.680. The van der Waals surface area contributed by atoms with Gasteiger partial charge in [-0.25, -0.2) is 0 Å². The molecular formula is C15H19F3N2O4. The first-order chi connectivity index (χ1) is 11.0. The Hall–Kier alpha value is -2.29. The molecule has 1 aromatic carbocycles. The second kappa shape index (κ2) is 8.00. The minimum atomic E-state index is -4.96. The largest absolute Gasteiger partial charge is 0.484 e. The summed E-state index contributed by atoms with van der Waals surface area (Å²) in [7, 11) is 0. The second-order valence-electron chi connectivity index (χ2n) is 5.33. The molecule has 0 heterocycles. The molecule has 24 heavy (non-hydrogen) atoms. The zero-order chi connectivity index (χ0) is 18.4. The summed E-state index contributed by atoms with van der Waals surface area (Å²) in [6.07, 6.45) is -5.34. The molecule has 0 saturated heterocycles. The van der Waals surface area contributed by atoms with E-state index in [-0.39, 0.29) is 0 Å². The molecule has 0 radical (unpaired) electrons. The number of carbonyl (C=O) groups excluding carboxylic acids is 2. The summed E-state index contributed by atoms with van der Waals surface area (Å²) in [5.41, 5.74) is 1.61. The van der Waals surface area contributed by atoms with Crippen molar-refractivity contribution in [3.63, 3.8) is 0 Å². The van der Waals surface area contributed by atoms with Crippen LogP contribution in [0, 0.1) is 0 Å². The number of aryl methyl sites for hydroxylation is 1. The maximum absolute atomic E-state index is 12.4. The van der Waals surface area contributed by atoms with Gasteiger partial charge in [-0.1, -0.05) is 19.1 Å². The van der Waals surface area contributed by atoms with Gasteiger partial charge in [0.15, 0.2) is 12.2 Å². The zero-order valence-corrected chi connectivity index (χ0v) is 13.2. The highest BCUT2D eigenvalue weighted by molar-refractivity contribution is 5.83. The fourth-order valence-electron chi connectivity index (χ4n) is 1.60. The topological polar surface area (TPSA) is 87.7 Å². The third kappa shape index (κ3) is 6.07. The number of ether oxygens (including phenoxy) is 1. The molecule has 0 saturated carbocycles. The monoisotopic (exact) mass is 348 g/mol. The molecule has 0 spiro atoms. The Morgan fingerprint density at radius 1 is 1.12 bits per heavy atom. The van der Waals surface area contributed by atoms with Crippen LogP contribution < -0.4 is 15.6 Å². The van der Waals surface area contributed by atoms with E-state index in [2.05, 4.69) is 0 Å². The number of aliphatic hydroxyl groups is 1. The van der Waals surface area contributed by atoms with E-state index in [1.807, 2.05) is 24.5 Å². The Kier molecular flexibility index (Phi) is 6.59. The Labute approximate surface area is 137 Å². The second-order valence-corrected chi connectivity index (χ2v) is 5.33. The maximum atomic E-state index is 12.4. The van der Waals surface area contributed by atoms with E-state index < -0.39 is 36.6 Å². The van der Waals surface area contributed by atoms with E-state index in [0.29, 0.717) is 12.7 Å². The fraction of sp³-hybridized carbons (Fsp3) is 0.467. The van der Waals surface area contributed by atoms with Crippen molar-refractivity contribution in [2.24, 2.45) is 0 Å². The van der Waals surface area contributed by atoms with E-state index in [9.17, 15) is 22.8 Å². The van der Waals surface area contributed by atoms with Gasteiger partial charge in [0.1, 0.15) is 5.75 Å². The van der Waals surface area contributed by atoms with Crippen LogP contribution in [0.25, 0.3) is 0 Å². The molecule has 1 rings (SSSR count). The molecule has 6 nitrogen and oxygen atoms in total. The van der Waals surface area contributed by atoms with E-state index in [1.165, 1.54) is 0 Å². The van der Waals surface area contributed by atoms with Crippen LogP contribution in [0.2, 0.25) is 0 Å². The van der Waals surface area contributed by atoms with E-state index in [4.69, 9.17) is 9.84 Å². The van der Waals surface area contributed by atoms with E-state index >= 15 is 0 Å². The number of amides is 2. The van der Waals surface area contributed by atoms with Crippen molar-refractivity contribution >= 4 is 11.8 Å². The van der Waals surface area contributed by atoms with Crippen LogP contribution in [0.5, 0.6) is 5.75 Å². The first-order valence-corrected chi connectivity index (χ1v) is 7.13. The van der Waals surface area contributed by atoms with Gasteiger partial charge in [-0.15, -0.1) is 0 Å². The van der Waals surface area contributed by atoms with Crippen molar-refractivity contribution in [1.29, 1.82) is 0 Å². The van der Waals surface area contributed by atoms with Crippen LogP contribution in [-0.2, 0) is 16.0 Å². The van der Waals surface area contributed by atoms with Crippen molar-refractivity contribution in [3.8, 4) is 5.75 Å². The SMILES string of the molecule is CCc1ccc(OCC(=O)NNC(=O)C[C@](C)(O)C(F)(F)F)cc1. The number of halogens is 3. The van der Waals surface area contributed by atoms with Gasteiger partial charge in [0.2, 0.25) is 5.91 Å². The number of hydrogen-bond donors (Lipinski definition) is 3. The highest BCUT2D eigenvalue weighted by Gasteiger charge is 2.51. The smallest absolute Gasteiger partial charge is 0.417 e. The zero-order valence-electron chi connectivity index (χ0n) is 13.2. The van der Waals surface area contributed by atoms with E-state index in [1.54, 1.807) is 17.6 Å². The predicted molar refractivity (Wildman–Crippen MR) is 78.9 cm³/mol. The summed E-state index contributed by atoms with van der Waals surface area (Å²) < 4.78 is 42.4. The van der Waals surface area contributed by atoms with Crippen molar-refractivity contribution in [2.75, 3.05) is 6.61 Å². The Balaban J connectivity index is 2.36. The van der Waals surface area contributed by atoms with Gasteiger partial charge in [0.25, 0.3) is 5.91 Å². The van der Waals surface area contributed by atoms with Crippen molar-refractivity contribution in [3.05, 3.63) is 29.8 Å². The third-order valence-corrected chi connectivity index (χ3v) is 3.16. The molecule has 0 unspecified atom stereocenters. The molecule has 3 N–H and O–H groups in total. The lowest BCUT2D eigenvalue weighted by Gasteiger charge is -2.25. The Morgan fingerprint density at radius 2 is 1.67 bits per heavy atom. The number of benzene rings is 1. The molecule has 0 aliphatic carbocycles. The van der Waals surface area contributed by atoms with Crippen LogP contribution in [0.3, 0.4) is 0 Å².